The molecular weight excluding hydrogens is 371 g/mol. The number of halogens is 1. The Balaban J connectivity index is 1.68. The van der Waals surface area contributed by atoms with Crippen LogP contribution in [0.15, 0.2) is 54.6 Å². The number of anilines is 1. The second-order valence-corrected chi connectivity index (χ2v) is 6.90. The molecule has 0 spiro atoms. The third-order valence-corrected chi connectivity index (χ3v) is 4.57. The van der Waals surface area contributed by atoms with E-state index in [1.165, 1.54) is 17.4 Å². The van der Waals surface area contributed by atoms with Gasteiger partial charge in [-0.3, -0.25) is 15.6 Å². The van der Waals surface area contributed by atoms with E-state index < -0.39 is 5.82 Å². The lowest BCUT2D eigenvalue weighted by Crippen LogP contribution is -2.43. The van der Waals surface area contributed by atoms with Crippen LogP contribution in [-0.2, 0) is 0 Å². The second kappa shape index (κ2) is 8.03. The minimum atomic E-state index is -0.438. The number of aromatic nitrogens is 1. The molecule has 132 valence electrons. The maximum atomic E-state index is 13.6. The molecule has 0 aliphatic carbocycles. The Labute approximate surface area is 159 Å². The normalized spacial score (nSPS) is 10.2. The fraction of sp³-hybridized carbons (Fsp3) is 0.0556. The van der Waals surface area contributed by atoms with Crippen LogP contribution in [0.4, 0.5) is 10.1 Å². The number of hydrazine groups is 1. The molecule has 1 amide bonds. The lowest BCUT2D eigenvalue weighted by Gasteiger charge is -2.12. The van der Waals surface area contributed by atoms with Crippen LogP contribution in [0.3, 0.4) is 0 Å². The number of carbonyl (C=O) groups is 1. The van der Waals surface area contributed by atoms with E-state index in [0.29, 0.717) is 10.6 Å². The van der Waals surface area contributed by atoms with Crippen molar-refractivity contribution in [1.82, 2.24) is 15.8 Å². The molecule has 1 heterocycles. The van der Waals surface area contributed by atoms with Crippen molar-refractivity contribution in [3.8, 4) is 11.3 Å². The number of rotatable bonds is 3. The fourth-order valence-electron chi connectivity index (χ4n) is 2.26. The van der Waals surface area contributed by atoms with Gasteiger partial charge in [-0.15, -0.1) is 11.3 Å². The van der Waals surface area contributed by atoms with Crippen LogP contribution in [-0.4, -0.2) is 16.0 Å². The van der Waals surface area contributed by atoms with Gasteiger partial charge in [-0.2, -0.15) is 0 Å². The maximum Gasteiger partial charge on any atom is 0.282 e. The van der Waals surface area contributed by atoms with Crippen molar-refractivity contribution in [1.29, 1.82) is 0 Å². The summed E-state index contributed by atoms with van der Waals surface area (Å²) in [6.07, 6.45) is 0. The summed E-state index contributed by atoms with van der Waals surface area (Å²) in [6, 6.07) is 15.6. The molecule has 0 saturated carbocycles. The highest BCUT2D eigenvalue weighted by atomic mass is 32.1. The van der Waals surface area contributed by atoms with E-state index >= 15 is 0 Å². The number of hydrogen-bond donors (Lipinski definition) is 3. The van der Waals surface area contributed by atoms with Gasteiger partial charge in [0.25, 0.3) is 5.91 Å². The zero-order chi connectivity index (χ0) is 18.5. The summed E-state index contributed by atoms with van der Waals surface area (Å²) >= 11 is 6.37. The van der Waals surface area contributed by atoms with Crippen LogP contribution in [0.5, 0.6) is 0 Å². The fourth-order valence-corrected chi connectivity index (χ4v) is 3.26. The first-order valence-corrected chi connectivity index (χ1v) is 8.92. The van der Waals surface area contributed by atoms with E-state index in [2.05, 4.69) is 21.2 Å². The number of thiocarbonyl (C=S) groups is 1. The largest absolute Gasteiger partial charge is 0.329 e. The molecule has 8 heteroatoms. The number of carbonyl (C=O) groups excluding carboxylic acids is 1. The van der Waals surface area contributed by atoms with Gasteiger partial charge in [-0.05, 0) is 31.3 Å². The lowest BCUT2D eigenvalue weighted by molar-refractivity contribution is 0.0948. The highest BCUT2D eigenvalue weighted by molar-refractivity contribution is 7.80. The first kappa shape index (κ1) is 18.0. The molecule has 3 rings (SSSR count). The van der Waals surface area contributed by atoms with Crippen molar-refractivity contribution in [2.24, 2.45) is 0 Å². The summed E-state index contributed by atoms with van der Waals surface area (Å²) in [5.74, 6) is -0.806. The Morgan fingerprint density at radius 1 is 1.08 bits per heavy atom. The molecule has 0 fully saturated rings. The number of aryl methyl sites for hydroxylation is 1. The van der Waals surface area contributed by atoms with Crippen LogP contribution < -0.4 is 16.2 Å². The molecule has 0 aliphatic rings. The smallest absolute Gasteiger partial charge is 0.282 e. The number of nitrogens with one attached hydrogen (secondary N) is 3. The summed E-state index contributed by atoms with van der Waals surface area (Å²) in [4.78, 5) is 17.4. The maximum absolute atomic E-state index is 13.6. The van der Waals surface area contributed by atoms with Crippen LogP contribution >= 0.6 is 23.6 Å². The van der Waals surface area contributed by atoms with Crippen molar-refractivity contribution >= 4 is 40.3 Å². The van der Waals surface area contributed by atoms with Crippen molar-refractivity contribution in [3.05, 3.63) is 70.3 Å². The third-order valence-electron chi connectivity index (χ3n) is 3.40. The summed E-state index contributed by atoms with van der Waals surface area (Å²) in [5, 5.41) is 3.54. The average Bonchev–Trinajstić information content (AvgIpc) is 3.04. The van der Waals surface area contributed by atoms with Gasteiger partial charge in [0.1, 0.15) is 10.7 Å². The molecule has 0 bridgehead atoms. The van der Waals surface area contributed by atoms with E-state index in [4.69, 9.17) is 12.2 Å². The average molecular weight is 386 g/mol. The van der Waals surface area contributed by atoms with Crippen LogP contribution in [0.25, 0.3) is 11.3 Å². The standard InChI is InChI=1S/C18H15FN4OS2/c1-11-20-15(12-7-3-2-4-8-12)16(26-11)17(24)22-23-18(25)21-14-10-6-5-9-13(14)19/h2-10H,1H3,(H,22,24)(H2,21,23,25). The highest BCUT2D eigenvalue weighted by Crippen LogP contribution is 2.27. The number of nitrogens with zero attached hydrogens (tertiary/aromatic N) is 1. The van der Waals surface area contributed by atoms with E-state index in [1.54, 1.807) is 18.2 Å². The lowest BCUT2D eigenvalue weighted by atomic mass is 10.1. The molecule has 0 radical (unpaired) electrons. The zero-order valence-corrected chi connectivity index (χ0v) is 15.4. The minimum absolute atomic E-state index is 0.0750. The Hall–Kier alpha value is -2.84. The van der Waals surface area contributed by atoms with Gasteiger partial charge in [0.05, 0.1) is 16.4 Å². The van der Waals surface area contributed by atoms with E-state index in [-0.39, 0.29) is 16.7 Å². The zero-order valence-electron chi connectivity index (χ0n) is 13.7. The van der Waals surface area contributed by atoms with Gasteiger partial charge in [-0.1, -0.05) is 42.5 Å². The summed E-state index contributed by atoms with van der Waals surface area (Å²) < 4.78 is 13.6. The number of benzene rings is 2. The molecular formula is C18H15FN4OS2. The number of para-hydroxylation sites is 1. The number of hydrogen-bond acceptors (Lipinski definition) is 4. The van der Waals surface area contributed by atoms with Gasteiger partial charge in [0.2, 0.25) is 0 Å². The Morgan fingerprint density at radius 3 is 2.50 bits per heavy atom. The molecule has 5 nitrogen and oxygen atoms in total. The highest BCUT2D eigenvalue weighted by Gasteiger charge is 2.18. The van der Waals surface area contributed by atoms with Crippen molar-refractivity contribution in [2.45, 2.75) is 6.92 Å². The number of thiazole rings is 1. The molecule has 0 saturated heterocycles. The molecule has 3 aromatic rings. The van der Waals surface area contributed by atoms with E-state index in [0.717, 1.165) is 10.6 Å². The molecule has 3 N–H and O–H groups in total. The quantitative estimate of drug-likeness (QED) is 0.471. The third kappa shape index (κ3) is 4.22. The molecule has 0 atom stereocenters. The Morgan fingerprint density at radius 2 is 1.77 bits per heavy atom. The van der Waals surface area contributed by atoms with Crippen LogP contribution in [0.1, 0.15) is 14.7 Å². The molecule has 2 aromatic carbocycles. The molecule has 1 aromatic heterocycles. The topological polar surface area (TPSA) is 66.0 Å². The van der Waals surface area contributed by atoms with Gasteiger partial charge < -0.3 is 5.32 Å². The predicted octanol–water partition coefficient (Wildman–Crippen LogP) is 3.89. The van der Waals surface area contributed by atoms with Gasteiger partial charge in [0, 0.05) is 5.56 Å². The molecule has 0 aliphatic heterocycles. The van der Waals surface area contributed by atoms with Gasteiger partial charge >= 0.3 is 0 Å². The number of amides is 1. The monoisotopic (exact) mass is 386 g/mol. The molecule has 26 heavy (non-hydrogen) atoms. The SMILES string of the molecule is Cc1nc(-c2ccccc2)c(C(=O)NNC(=S)Nc2ccccc2F)s1. The Kier molecular flexibility index (Phi) is 5.55. The molecule has 0 unspecified atom stereocenters. The predicted molar refractivity (Wildman–Crippen MR) is 106 cm³/mol. The summed E-state index contributed by atoms with van der Waals surface area (Å²) in [7, 11) is 0. The van der Waals surface area contributed by atoms with Crippen molar-refractivity contribution in [3.63, 3.8) is 0 Å². The van der Waals surface area contributed by atoms with E-state index in [9.17, 15) is 9.18 Å². The second-order valence-electron chi connectivity index (χ2n) is 5.29. The first-order valence-electron chi connectivity index (χ1n) is 7.69. The van der Waals surface area contributed by atoms with Gasteiger partial charge in [0.15, 0.2) is 5.11 Å². The summed E-state index contributed by atoms with van der Waals surface area (Å²) in [5.41, 5.74) is 6.78. The van der Waals surface area contributed by atoms with Crippen molar-refractivity contribution in [2.75, 3.05) is 5.32 Å². The van der Waals surface area contributed by atoms with Crippen molar-refractivity contribution < 1.29 is 9.18 Å². The summed E-state index contributed by atoms with van der Waals surface area (Å²) in [6.45, 7) is 1.84. The van der Waals surface area contributed by atoms with E-state index in [1.807, 2.05) is 37.3 Å². The van der Waals surface area contributed by atoms with Crippen LogP contribution in [0.2, 0.25) is 0 Å². The Bertz CT molecular complexity index is 943. The van der Waals surface area contributed by atoms with Crippen LogP contribution in [0, 0.1) is 12.7 Å². The van der Waals surface area contributed by atoms with Gasteiger partial charge in [-0.25, -0.2) is 9.37 Å². The minimum Gasteiger partial charge on any atom is -0.329 e. The first-order chi connectivity index (χ1) is 12.5.